The lowest BCUT2D eigenvalue weighted by Crippen LogP contribution is -2.42. The van der Waals surface area contributed by atoms with Crippen LogP contribution in [0.4, 0.5) is 0 Å². The minimum absolute atomic E-state index is 0.00599. The zero-order valence-electron chi connectivity index (χ0n) is 10.6. The second kappa shape index (κ2) is 6.70. The van der Waals surface area contributed by atoms with E-state index in [0.717, 1.165) is 5.56 Å². The summed E-state index contributed by atoms with van der Waals surface area (Å²) in [6.07, 6.45) is 3.17. The molecule has 1 heterocycles. The molecule has 0 unspecified atom stereocenters. The van der Waals surface area contributed by atoms with Crippen LogP contribution in [0.5, 0.6) is 0 Å². The van der Waals surface area contributed by atoms with E-state index in [2.05, 4.69) is 10.1 Å². The number of ether oxygens (including phenoxy) is 2. The van der Waals surface area contributed by atoms with Crippen LogP contribution in [0, 0.1) is 0 Å². The van der Waals surface area contributed by atoms with Gasteiger partial charge < -0.3 is 9.47 Å². The van der Waals surface area contributed by atoms with Crippen molar-refractivity contribution in [3.63, 3.8) is 0 Å². The van der Waals surface area contributed by atoms with Crippen molar-refractivity contribution < 1.29 is 14.3 Å². The van der Waals surface area contributed by atoms with E-state index in [1.165, 1.54) is 13.2 Å². The molecule has 19 heavy (non-hydrogen) atoms. The quantitative estimate of drug-likeness (QED) is 0.681. The van der Waals surface area contributed by atoms with Crippen LogP contribution in [0.25, 0.3) is 0 Å². The number of carbonyl (C=O) groups is 1. The molecule has 1 aromatic rings. The van der Waals surface area contributed by atoms with E-state index >= 15 is 0 Å². The normalized spacial score (nSPS) is 23.5. The van der Waals surface area contributed by atoms with Crippen molar-refractivity contribution in [2.24, 2.45) is 0 Å². The van der Waals surface area contributed by atoms with Gasteiger partial charge in [-0.05, 0) is 17.7 Å². The summed E-state index contributed by atoms with van der Waals surface area (Å²) >= 11 is 5.87. The Hall–Kier alpha value is -1.36. The fraction of sp³-hybridized carbons (Fsp3) is 0.357. The van der Waals surface area contributed by atoms with Gasteiger partial charge in [-0.3, -0.25) is 5.32 Å². The van der Waals surface area contributed by atoms with Crippen LogP contribution in [0.3, 0.4) is 0 Å². The lowest BCUT2D eigenvalue weighted by atomic mass is 10.1. The second-order valence-electron chi connectivity index (χ2n) is 4.30. The minimum atomic E-state index is -0.365. The highest BCUT2D eigenvalue weighted by molar-refractivity contribution is 6.30. The van der Waals surface area contributed by atoms with E-state index in [0.29, 0.717) is 18.2 Å². The maximum atomic E-state index is 11.1. The first-order chi connectivity index (χ1) is 9.19. The Morgan fingerprint density at radius 1 is 1.42 bits per heavy atom. The first kappa shape index (κ1) is 14.1. The number of rotatable bonds is 3. The van der Waals surface area contributed by atoms with Gasteiger partial charge in [-0.1, -0.05) is 29.8 Å². The summed E-state index contributed by atoms with van der Waals surface area (Å²) in [6, 6.07) is 7.73. The molecule has 1 saturated heterocycles. The van der Waals surface area contributed by atoms with Crippen LogP contribution < -0.4 is 5.32 Å². The topological polar surface area (TPSA) is 47.6 Å². The van der Waals surface area contributed by atoms with Crippen LogP contribution in [0.15, 0.2) is 36.4 Å². The first-order valence-corrected chi connectivity index (χ1v) is 6.42. The highest BCUT2D eigenvalue weighted by Gasteiger charge is 2.21. The molecule has 2 atom stereocenters. The Kier molecular flexibility index (Phi) is 4.96. The highest BCUT2D eigenvalue weighted by atomic mass is 35.5. The number of nitrogens with one attached hydrogen (secondary N) is 1. The highest BCUT2D eigenvalue weighted by Crippen LogP contribution is 2.20. The number of carbonyl (C=O) groups excluding carboxylic acids is 1. The molecule has 0 spiro atoms. The number of hydrogen-bond donors (Lipinski definition) is 1. The zero-order valence-corrected chi connectivity index (χ0v) is 11.4. The molecule has 1 fully saturated rings. The average Bonchev–Trinajstić information content (AvgIpc) is 2.46. The van der Waals surface area contributed by atoms with E-state index in [-0.39, 0.29) is 18.1 Å². The van der Waals surface area contributed by atoms with Crippen LogP contribution in [-0.2, 0) is 14.3 Å². The number of halogens is 1. The Morgan fingerprint density at radius 3 is 2.84 bits per heavy atom. The minimum Gasteiger partial charge on any atom is -0.466 e. The molecule has 2 rings (SSSR count). The molecule has 0 radical (unpaired) electrons. The van der Waals surface area contributed by atoms with Gasteiger partial charge in [0.15, 0.2) is 0 Å². The SMILES string of the molecule is COC(=O)/C=C/[C@H]1COC[C@@H](c2ccc(Cl)cc2)N1. The summed E-state index contributed by atoms with van der Waals surface area (Å²) < 4.78 is 10.1. The molecular weight excluding hydrogens is 266 g/mol. The number of hydrogen-bond acceptors (Lipinski definition) is 4. The maximum absolute atomic E-state index is 11.1. The molecule has 0 saturated carbocycles. The van der Waals surface area contributed by atoms with Gasteiger partial charge in [0.25, 0.3) is 0 Å². The molecule has 4 nitrogen and oxygen atoms in total. The summed E-state index contributed by atoms with van der Waals surface area (Å²) in [5.41, 5.74) is 1.11. The van der Waals surface area contributed by atoms with Crippen LogP contribution >= 0.6 is 11.6 Å². The van der Waals surface area contributed by atoms with Crippen LogP contribution in [0.1, 0.15) is 11.6 Å². The van der Waals surface area contributed by atoms with E-state index in [4.69, 9.17) is 16.3 Å². The van der Waals surface area contributed by atoms with Crippen molar-refractivity contribution in [2.75, 3.05) is 20.3 Å². The van der Waals surface area contributed by atoms with Crippen molar-refractivity contribution in [3.05, 3.63) is 47.0 Å². The predicted molar refractivity (Wildman–Crippen MR) is 73.1 cm³/mol. The zero-order chi connectivity index (χ0) is 13.7. The largest absolute Gasteiger partial charge is 0.466 e. The number of methoxy groups -OCH3 is 1. The van der Waals surface area contributed by atoms with Crippen molar-refractivity contribution in [1.29, 1.82) is 0 Å². The Bertz CT molecular complexity index is 458. The summed E-state index contributed by atoms with van der Waals surface area (Å²) in [6.45, 7) is 1.14. The summed E-state index contributed by atoms with van der Waals surface area (Å²) in [7, 11) is 1.36. The number of morpholine rings is 1. The summed E-state index contributed by atoms with van der Waals surface area (Å²) in [5.74, 6) is -0.365. The molecule has 1 aromatic carbocycles. The van der Waals surface area contributed by atoms with Crippen molar-refractivity contribution in [2.45, 2.75) is 12.1 Å². The number of esters is 1. The lowest BCUT2D eigenvalue weighted by molar-refractivity contribution is -0.134. The Morgan fingerprint density at radius 2 is 2.16 bits per heavy atom. The molecule has 1 aliphatic rings. The van der Waals surface area contributed by atoms with Gasteiger partial charge in [0, 0.05) is 17.1 Å². The van der Waals surface area contributed by atoms with E-state index < -0.39 is 0 Å². The van der Waals surface area contributed by atoms with Gasteiger partial charge in [0.05, 0.1) is 26.4 Å². The Balaban J connectivity index is 1.99. The monoisotopic (exact) mass is 281 g/mol. The molecule has 0 amide bonds. The third kappa shape index (κ3) is 4.06. The third-order valence-corrected chi connectivity index (χ3v) is 3.19. The lowest BCUT2D eigenvalue weighted by Gasteiger charge is -2.29. The van der Waals surface area contributed by atoms with Crippen molar-refractivity contribution in [3.8, 4) is 0 Å². The van der Waals surface area contributed by atoms with Gasteiger partial charge in [0.1, 0.15) is 0 Å². The predicted octanol–water partition coefficient (Wildman–Crippen LogP) is 2.10. The van der Waals surface area contributed by atoms with Crippen molar-refractivity contribution >= 4 is 17.6 Å². The fourth-order valence-electron chi connectivity index (χ4n) is 1.93. The van der Waals surface area contributed by atoms with Gasteiger partial charge in [-0.2, -0.15) is 0 Å². The first-order valence-electron chi connectivity index (χ1n) is 6.04. The molecule has 1 aliphatic heterocycles. The van der Waals surface area contributed by atoms with E-state index in [9.17, 15) is 4.79 Å². The fourth-order valence-corrected chi connectivity index (χ4v) is 2.05. The third-order valence-electron chi connectivity index (χ3n) is 2.94. The van der Waals surface area contributed by atoms with Crippen LogP contribution in [-0.4, -0.2) is 32.3 Å². The van der Waals surface area contributed by atoms with Gasteiger partial charge >= 0.3 is 5.97 Å². The van der Waals surface area contributed by atoms with Gasteiger partial charge in [-0.15, -0.1) is 0 Å². The number of benzene rings is 1. The summed E-state index contributed by atoms with van der Waals surface area (Å²) in [4.78, 5) is 11.1. The standard InChI is InChI=1S/C14H16ClNO3/c1-18-14(17)7-6-12-8-19-9-13(16-12)10-2-4-11(15)5-3-10/h2-7,12-13,16H,8-9H2,1H3/b7-6+/t12-,13-/m0/s1. The van der Waals surface area contributed by atoms with Crippen LogP contribution in [0.2, 0.25) is 5.02 Å². The molecule has 102 valence electrons. The summed E-state index contributed by atoms with van der Waals surface area (Å²) in [5, 5.41) is 4.12. The molecule has 1 N–H and O–H groups in total. The maximum Gasteiger partial charge on any atom is 0.330 e. The van der Waals surface area contributed by atoms with Gasteiger partial charge in [-0.25, -0.2) is 4.79 Å². The molecule has 0 aromatic heterocycles. The molecule has 5 heteroatoms. The second-order valence-corrected chi connectivity index (χ2v) is 4.73. The average molecular weight is 282 g/mol. The van der Waals surface area contributed by atoms with Gasteiger partial charge in [0.2, 0.25) is 0 Å². The Labute approximate surface area is 117 Å². The molecular formula is C14H16ClNO3. The van der Waals surface area contributed by atoms with E-state index in [1.54, 1.807) is 6.08 Å². The van der Waals surface area contributed by atoms with E-state index in [1.807, 2.05) is 24.3 Å². The molecule has 0 bridgehead atoms. The van der Waals surface area contributed by atoms with Crippen molar-refractivity contribution in [1.82, 2.24) is 5.32 Å². The smallest absolute Gasteiger partial charge is 0.330 e. The molecule has 0 aliphatic carbocycles.